The van der Waals surface area contributed by atoms with Crippen molar-refractivity contribution in [2.24, 2.45) is 35.5 Å². The van der Waals surface area contributed by atoms with Crippen LogP contribution in [0.15, 0.2) is 72.8 Å². The van der Waals surface area contributed by atoms with Crippen LogP contribution in [0.2, 0.25) is 0 Å². The number of fused-ring (bicyclic) bond motifs is 4. The molecule has 4 aliphatic rings. The molecule has 41 heavy (non-hydrogen) atoms. The Bertz CT molecular complexity index is 1300. The molecule has 0 saturated heterocycles. The van der Waals surface area contributed by atoms with Gasteiger partial charge in [0.1, 0.15) is 0 Å². The normalized spacial score (nSPS) is 28.8. The van der Waals surface area contributed by atoms with Crippen LogP contribution in [-0.2, 0) is 26.2 Å². The van der Waals surface area contributed by atoms with Gasteiger partial charge in [-0.1, -0.05) is 74.9 Å². The van der Waals surface area contributed by atoms with Crippen molar-refractivity contribution in [3.8, 4) is 11.1 Å². The second-order valence-electron chi connectivity index (χ2n) is 13.5. The average molecular weight is 618 g/mol. The number of benzene rings is 4. The fourth-order valence-electron chi connectivity index (χ4n) is 9.60. The minimum absolute atomic E-state index is 0. The fraction of sp³-hybridized carbons (Fsp3) is 0.500. The molecule has 1 heteroatoms. The van der Waals surface area contributed by atoms with E-state index in [2.05, 4.69) is 72.8 Å². The largest absolute Gasteiger partial charge is 4.00 e. The van der Waals surface area contributed by atoms with Crippen LogP contribution in [0.5, 0.6) is 0 Å². The molecule has 208 valence electrons. The van der Waals surface area contributed by atoms with Crippen LogP contribution in [0.1, 0.15) is 89.9 Å². The minimum atomic E-state index is 0. The molecule has 4 aromatic carbocycles. The molecule has 0 bridgehead atoms. The molecule has 0 amide bonds. The molecule has 8 rings (SSSR count). The van der Waals surface area contributed by atoms with Gasteiger partial charge in [0.2, 0.25) is 0 Å². The van der Waals surface area contributed by atoms with Gasteiger partial charge in [-0.25, -0.2) is 11.1 Å². The Morgan fingerprint density at radius 1 is 0.488 bits per heavy atom. The Labute approximate surface area is 267 Å². The Morgan fingerprint density at radius 3 is 1.41 bits per heavy atom. The smallest absolute Gasteiger partial charge is 0.218 e. The molecule has 0 heterocycles. The van der Waals surface area contributed by atoms with Gasteiger partial charge >= 0.3 is 26.2 Å². The summed E-state index contributed by atoms with van der Waals surface area (Å²) in [5.41, 5.74) is 2.25. The number of hydrogen-bond donors (Lipinski definition) is 0. The molecule has 6 atom stereocenters. The molecule has 0 aromatic heterocycles. The van der Waals surface area contributed by atoms with Crippen LogP contribution < -0.4 is 0 Å². The summed E-state index contributed by atoms with van der Waals surface area (Å²) in [6.45, 7) is 0. The van der Waals surface area contributed by atoms with E-state index in [1.165, 1.54) is 21.5 Å². The SMILES string of the molecule is C1CCC2C(C1)CCC2CCC1CCC2CCCCC21.[Zr+4].[c-]1ccc2ccccc2c1-c1[c-]ccc2ccccc12. The molecule has 4 aromatic rings. The van der Waals surface area contributed by atoms with Gasteiger partial charge in [0, 0.05) is 0 Å². The van der Waals surface area contributed by atoms with E-state index in [9.17, 15) is 0 Å². The summed E-state index contributed by atoms with van der Waals surface area (Å²) in [7, 11) is 0. The Kier molecular flexibility index (Phi) is 9.82. The van der Waals surface area contributed by atoms with E-state index in [-0.39, 0.29) is 26.2 Å². The summed E-state index contributed by atoms with van der Waals surface area (Å²) in [4.78, 5) is 0. The topological polar surface area (TPSA) is 0 Å². The van der Waals surface area contributed by atoms with E-state index in [1.807, 2.05) is 12.1 Å². The van der Waals surface area contributed by atoms with E-state index in [1.54, 1.807) is 89.9 Å². The van der Waals surface area contributed by atoms with Crippen molar-refractivity contribution in [1.82, 2.24) is 0 Å². The van der Waals surface area contributed by atoms with Gasteiger partial charge in [0.05, 0.1) is 0 Å². The average Bonchev–Trinajstić information content (AvgIpc) is 3.64. The zero-order chi connectivity index (χ0) is 26.7. The van der Waals surface area contributed by atoms with E-state index in [0.717, 1.165) is 46.6 Å². The number of rotatable bonds is 4. The molecule has 0 N–H and O–H groups in total. The standard InChI is InChI=1S/C20H12.C20H34.Zr/c1-3-11-17-15(7-1)9-5-13-19(17)20-14-6-10-16-8-2-4-12-18(16)20;1-3-7-19-15(5-1)9-11-17(19)13-14-18-12-10-16-6-2-4-8-20(16)18;/h1-12H;15-20H,1-14H2;/q-2;;+4. The monoisotopic (exact) mass is 616 g/mol. The van der Waals surface area contributed by atoms with Gasteiger partial charge in [-0.3, -0.25) is 0 Å². The summed E-state index contributed by atoms with van der Waals surface area (Å²) < 4.78 is 0. The minimum Gasteiger partial charge on any atom is -0.218 e. The molecule has 0 radical (unpaired) electrons. The van der Waals surface area contributed by atoms with Gasteiger partial charge in [0.25, 0.3) is 0 Å². The second kappa shape index (κ2) is 13.7. The summed E-state index contributed by atoms with van der Waals surface area (Å²) in [5, 5.41) is 4.93. The molecule has 4 aliphatic carbocycles. The summed E-state index contributed by atoms with van der Waals surface area (Å²) in [6.07, 6.45) is 22.1. The molecule has 6 unspecified atom stereocenters. The molecular formula is C40H46Zr+2. The van der Waals surface area contributed by atoms with Gasteiger partial charge in [-0.05, 0) is 86.9 Å². The van der Waals surface area contributed by atoms with Crippen LogP contribution in [-0.4, -0.2) is 0 Å². The zero-order valence-corrected chi connectivity index (χ0v) is 27.2. The van der Waals surface area contributed by atoms with Gasteiger partial charge in [-0.2, -0.15) is 24.3 Å². The van der Waals surface area contributed by atoms with E-state index in [4.69, 9.17) is 0 Å². The Balaban J connectivity index is 0.000000144. The third-order valence-electron chi connectivity index (χ3n) is 11.6. The molecule has 0 aliphatic heterocycles. The van der Waals surface area contributed by atoms with Gasteiger partial charge in [-0.15, -0.1) is 45.8 Å². The van der Waals surface area contributed by atoms with E-state index >= 15 is 0 Å². The van der Waals surface area contributed by atoms with Crippen molar-refractivity contribution in [2.45, 2.75) is 89.9 Å². The van der Waals surface area contributed by atoms with Gasteiger partial charge in [0.15, 0.2) is 0 Å². The van der Waals surface area contributed by atoms with Crippen molar-refractivity contribution in [1.29, 1.82) is 0 Å². The maximum atomic E-state index is 3.39. The summed E-state index contributed by atoms with van der Waals surface area (Å²) in [6, 6.07) is 31.8. The predicted octanol–water partition coefficient (Wildman–Crippen LogP) is 11.5. The van der Waals surface area contributed by atoms with Crippen molar-refractivity contribution in [2.75, 3.05) is 0 Å². The third kappa shape index (κ3) is 6.32. The first-order valence-electron chi connectivity index (χ1n) is 16.6. The third-order valence-corrected chi connectivity index (χ3v) is 11.6. The van der Waals surface area contributed by atoms with E-state index in [0.29, 0.717) is 0 Å². The summed E-state index contributed by atoms with van der Waals surface area (Å²) >= 11 is 0. The van der Waals surface area contributed by atoms with Crippen LogP contribution in [0.25, 0.3) is 32.7 Å². The molecule has 4 fully saturated rings. The van der Waals surface area contributed by atoms with Crippen LogP contribution >= 0.6 is 0 Å². The Hall–Kier alpha value is -1.72. The molecule has 0 nitrogen and oxygen atoms in total. The molecular weight excluding hydrogens is 572 g/mol. The molecule has 0 spiro atoms. The number of hydrogen-bond acceptors (Lipinski definition) is 0. The first-order chi connectivity index (χ1) is 19.8. The predicted molar refractivity (Wildman–Crippen MR) is 170 cm³/mol. The maximum Gasteiger partial charge on any atom is 4.00 e. The van der Waals surface area contributed by atoms with Crippen molar-refractivity contribution in [3.63, 3.8) is 0 Å². The van der Waals surface area contributed by atoms with Crippen molar-refractivity contribution < 1.29 is 26.2 Å². The van der Waals surface area contributed by atoms with Gasteiger partial charge < -0.3 is 0 Å². The fourth-order valence-corrected chi connectivity index (χ4v) is 9.60. The Morgan fingerprint density at radius 2 is 0.927 bits per heavy atom. The maximum absolute atomic E-state index is 3.39. The zero-order valence-electron chi connectivity index (χ0n) is 24.8. The van der Waals surface area contributed by atoms with Crippen LogP contribution in [0, 0.1) is 47.6 Å². The molecule has 4 saturated carbocycles. The van der Waals surface area contributed by atoms with Crippen molar-refractivity contribution in [3.05, 3.63) is 84.9 Å². The van der Waals surface area contributed by atoms with E-state index < -0.39 is 0 Å². The van der Waals surface area contributed by atoms with Crippen LogP contribution in [0.4, 0.5) is 0 Å². The summed E-state index contributed by atoms with van der Waals surface area (Å²) in [5.74, 6) is 6.91. The first kappa shape index (κ1) is 29.4. The van der Waals surface area contributed by atoms with Crippen LogP contribution in [0.3, 0.4) is 0 Å². The second-order valence-corrected chi connectivity index (χ2v) is 13.5. The first-order valence-corrected chi connectivity index (χ1v) is 16.6. The van der Waals surface area contributed by atoms with Crippen molar-refractivity contribution >= 4 is 21.5 Å². The quantitative estimate of drug-likeness (QED) is 0.200.